The lowest BCUT2D eigenvalue weighted by atomic mass is 10.1. The van der Waals surface area contributed by atoms with E-state index in [9.17, 15) is 14.4 Å². The molecule has 0 bridgehead atoms. The quantitative estimate of drug-likeness (QED) is 0.248. The second kappa shape index (κ2) is 13.7. The number of amides is 2. The van der Waals surface area contributed by atoms with Gasteiger partial charge in [0.25, 0.3) is 5.91 Å². The smallest absolute Gasteiger partial charge is 0.306 e. The van der Waals surface area contributed by atoms with Gasteiger partial charge in [0.05, 0.1) is 5.02 Å². The number of hydrogen-bond donors (Lipinski definition) is 2. The van der Waals surface area contributed by atoms with Gasteiger partial charge in [0.2, 0.25) is 5.91 Å². The number of aryl methyl sites for hydroxylation is 1. The first-order valence-electron chi connectivity index (χ1n) is 11.4. The van der Waals surface area contributed by atoms with Crippen molar-refractivity contribution < 1.29 is 23.9 Å². The van der Waals surface area contributed by atoms with Crippen LogP contribution in [0.4, 0.5) is 11.4 Å². The molecule has 36 heavy (non-hydrogen) atoms. The fourth-order valence-corrected chi connectivity index (χ4v) is 3.84. The monoisotopic (exact) mass is 572 g/mol. The van der Waals surface area contributed by atoms with Crippen molar-refractivity contribution in [3.05, 3.63) is 81.8 Å². The number of rotatable bonds is 11. The molecule has 7 nitrogen and oxygen atoms in total. The summed E-state index contributed by atoms with van der Waals surface area (Å²) in [4.78, 5) is 36.3. The second-order valence-electron chi connectivity index (χ2n) is 7.82. The molecule has 0 radical (unpaired) electrons. The molecule has 0 saturated carbocycles. The predicted octanol–water partition coefficient (Wildman–Crippen LogP) is 6.75. The van der Waals surface area contributed by atoms with Gasteiger partial charge in [-0.3, -0.25) is 14.4 Å². The molecule has 3 aromatic carbocycles. The van der Waals surface area contributed by atoms with Crippen LogP contribution in [0.25, 0.3) is 0 Å². The summed E-state index contributed by atoms with van der Waals surface area (Å²) >= 11 is 9.49. The van der Waals surface area contributed by atoms with E-state index in [0.717, 1.165) is 16.5 Å². The van der Waals surface area contributed by atoms with E-state index in [2.05, 4.69) is 26.6 Å². The number of para-hydroxylation sites is 1. The molecule has 3 aromatic rings. The third kappa shape index (κ3) is 8.70. The molecule has 2 amide bonds. The highest BCUT2D eigenvalue weighted by Crippen LogP contribution is 2.29. The maximum absolute atomic E-state index is 12.2. The average molecular weight is 574 g/mol. The summed E-state index contributed by atoms with van der Waals surface area (Å²) in [6.45, 7) is 1.60. The first-order chi connectivity index (χ1) is 17.3. The second-order valence-corrected chi connectivity index (χ2v) is 9.15. The lowest BCUT2D eigenvalue weighted by Gasteiger charge is -2.11. The summed E-state index contributed by atoms with van der Waals surface area (Å²) in [5.41, 5.74) is 2.25. The third-order valence-electron chi connectivity index (χ3n) is 5.07. The van der Waals surface area contributed by atoms with Crippen molar-refractivity contribution in [2.45, 2.75) is 32.6 Å². The molecule has 0 spiro atoms. The molecule has 0 aromatic heterocycles. The topological polar surface area (TPSA) is 93.7 Å². The first kappa shape index (κ1) is 27.2. The molecule has 0 aliphatic carbocycles. The van der Waals surface area contributed by atoms with Gasteiger partial charge in [-0.25, -0.2) is 0 Å². The number of nitrogens with one attached hydrogen (secondary N) is 2. The fraction of sp³-hybridized carbons (Fsp3) is 0.222. The van der Waals surface area contributed by atoms with Crippen molar-refractivity contribution >= 4 is 56.7 Å². The number of halogens is 2. The van der Waals surface area contributed by atoms with Crippen molar-refractivity contribution in [2.24, 2.45) is 0 Å². The summed E-state index contributed by atoms with van der Waals surface area (Å²) in [5, 5.41) is 6.02. The zero-order valence-electron chi connectivity index (χ0n) is 19.7. The number of anilines is 2. The minimum Gasteiger partial charge on any atom is -0.456 e. The third-order valence-corrected chi connectivity index (χ3v) is 5.88. The number of benzene rings is 3. The van der Waals surface area contributed by atoms with Crippen LogP contribution in [0.2, 0.25) is 5.02 Å². The Morgan fingerprint density at radius 2 is 1.67 bits per heavy atom. The summed E-state index contributed by atoms with van der Waals surface area (Å²) in [6.07, 6.45) is 1.21. The van der Waals surface area contributed by atoms with Crippen molar-refractivity contribution in [2.75, 3.05) is 17.2 Å². The summed E-state index contributed by atoms with van der Waals surface area (Å²) < 4.78 is 11.7. The first-order valence-corrected chi connectivity index (χ1v) is 12.6. The van der Waals surface area contributed by atoms with Crippen LogP contribution in [-0.4, -0.2) is 24.4 Å². The lowest BCUT2D eigenvalue weighted by Crippen LogP contribution is -2.21. The molecule has 0 aliphatic heterocycles. The van der Waals surface area contributed by atoms with Crippen molar-refractivity contribution in [1.29, 1.82) is 0 Å². The molecule has 0 saturated heterocycles. The molecule has 0 atom stereocenters. The van der Waals surface area contributed by atoms with Crippen molar-refractivity contribution in [1.82, 2.24) is 0 Å². The van der Waals surface area contributed by atoms with Crippen LogP contribution in [0.3, 0.4) is 0 Å². The highest BCUT2D eigenvalue weighted by atomic mass is 79.9. The number of carbonyl (C=O) groups is 3. The molecule has 0 aliphatic rings. The number of ether oxygens (including phenoxy) is 2. The van der Waals surface area contributed by atoms with Gasteiger partial charge in [0.15, 0.2) is 6.61 Å². The van der Waals surface area contributed by atoms with Gasteiger partial charge in [-0.1, -0.05) is 46.6 Å². The Balaban J connectivity index is 1.35. The van der Waals surface area contributed by atoms with E-state index in [1.807, 2.05) is 31.2 Å². The Morgan fingerprint density at radius 1 is 0.917 bits per heavy atom. The number of hydrogen-bond acceptors (Lipinski definition) is 5. The largest absolute Gasteiger partial charge is 0.456 e. The Bertz CT molecular complexity index is 1220. The molecule has 0 unspecified atom stereocenters. The maximum Gasteiger partial charge on any atom is 0.306 e. The van der Waals surface area contributed by atoms with Crippen LogP contribution in [0.1, 0.15) is 31.7 Å². The van der Waals surface area contributed by atoms with Gasteiger partial charge in [0, 0.05) is 28.7 Å². The fourth-order valence-electron chi connectivity index (χ4n) is 3.26. The standard InChI is InChI=1S/C27H26BrClN2O5/c1-2-18-16-19(28)10-15-23(18)31-26(33)17-35-27(34)9-5-8-25(32)30-20-11-13-21(14-12-20)36-24-7-4-3-6-22(24)29/h3-4,6-7,10-16H,2,5,8-9,17H2,1H3,(H,30,32)(H,31,33). The Morgan fingerprint density at radius 3 is 2.39 bits per heavy atom. The Hall–Kier alpha value is -3.36. The van der Waals surface area contributed by atoms with Crippen LogP contribution in [-0.2, 0) is 25.5 Å². The molecular formula is C27H26BrClN2O5. The zero-order valence-corrected chi connectivity index (χ0v) is 22.0. The number of carbonyl (C=O) groups excluding carboxylic acids is 3. The van der Waals surface area contributed by atoms with Crippen molar-refractivity contribution in [3.8, 4) is 11.5 Å². The van der Waals surface area contributed by atoms with Crippen molar-refractivity contribution in [3.63, 3.8) is 0 Å². The van der Waals surface area contributed by atoms with Gasteiger partial charge in [0.1, 0.15) is 11.5 Å². The van der Waals surface area contributed by atoms with E-state index in [4.69, 9.17) is 21.1 Å². The maximum atomic E-state index is 12.2. The molecule has 3 rings (SSSR count). The van der Waals surface area contributed by atoms with E-state index in [-0.39, 0.29) is 25.4 Å². The van der Waals surface area contributed by atoms with E-state index in [1.165, 1.54) is 0 Å². The molecule has 0 heterocycles. The van der Waals surface area contributed by atoms with Crippen LogP contribution in [0.15, 0.2) is 71.2 Å². The van der Waals surface area contributed by atoms with E-state index in [0.29, 0.717) is 34.3 Å². The lowest BCUT2D eigenvalue weighted by molar-refractivity contribution is -0.147. The highest BCUT2D eigenvalue weighted by molar-refractivity contribution is 9.10. The minimum atomic E-state index is -0.537. The summed E-state index contributed by atoms with van der Waals surface area (Å²) in [7, 11) is 0. The Kier molecular flexibility index (Phi) is 10.3. The van der Waals surface area contributed by atoms with Crippen LogP contribution >= 0.6 is 27.5 Å². The van der Waals surface area contributed by atoms with E-state index in [1.54, 1.807) is 42.5 Å². The molecular weight excluding hydrogens is 548 g/mol. The van der Waals surface area contributed by atoms with Crippen LogP contribution in [0.5, 0.6) is 11.5 Å². The van der Waals surface area contributed by atoms with E-state index < -0.39 is 11.9 Å². The molecule has 9 heteroatoms. The minimum absolute atomic E-state index is 0.0316. The number of esters is 1. The van der Waals surface area contributed by atoms with Gasteiger partial charge >= 0.3 is 5.97 Å². The van der Waals surface area contributed by atoms with Gasteiger partial charge in [-0.2, -0.15) is 0 Å². The summed E-state index contributed by atoms with van der Waals surface area (Å²) in [6, 6.07) is 19.6. The van der Waals surface area contributed by atoms with Crippen LogP contribution < -0.4 is 15.4 Å². The average Bonchev–Trinajstić information content (AvgIpc) is 2.86. The molecule has 0 fully saturated rings. The van der Waals surface area contributed by atoms with E-state index >= 15 is 0 Å². The highest BCUT2D eigenvalue weighted by Gasteiger charge is 2.11. The van der Waals surface area contributed by atoms with Gasteiger partial charge < -0.3 is 20.1 Å². The van der Waals surface area contributed by atoms with Gasteiger partial charge in [-0.05, 0) is 73.0 Å². The predicted molar refractivity (Wildman–Crippen MR) is 144 cm³/mol. The zero-order chi connectivity index (χ0) is 25.9. The van der Waals surface area contributed by atoms with Crippen LogP contribution in [0, 0.1) is 0 Å². The SMILES string of the molecule is CCc1cc(Br)ccc1NC(=O)COC(=O)CCCC(=O)Nc1ccc(Oc2ccccc2Cl)cc1. The normalized spacial score (nSPS) is 10.4. The summed E-state index contributed by atoms with van der Waals surface area (Å²) in [5.74, 6) is -0.0634. The van der Waals surface area contributed by atoms with Gasteiger partial charge in [-0.15, -0.1) is 0 Å². The molecule has 2 N–H and O–H groups in total. The molecule has 188 valence electrons. The Labute approximate surface area is 223 Å².